The summed E-state index contributed by atoms with van der Waals surface area (Å²) in [5.41, 5.74) is -1.15. The lowest BCUT2D eigenvalue weighted by Crippen LogP contribution is -2.55. The number of ether oxygens (including phenoxy) is 1. The highest BCUT2D eigenvalue weighted by molar-refractivity contribution is 9.10. The third kappa shape index (κ3) is 3.46. The summed E-state index contributed by atoms with van der Waals surface area (Å²) in [5, 5.41) is 11.8. The number of aliphatic carboxylic acids is 1. The molecule has 7 heteroatoms. The number of rotatable bonds is 5. The first-order valence-electron chi connectivity index (χ1n) is 6.03. The third-order valence-electron chi connectivity index (χ3n) is 3.01. The van der Waals surface area contributed by atoms with Crippen LogP contribution in [0, 0.1) is 0 Å². The van der Waals surface area contributed by atoms with Crippen molar-refractivity contribution in [3.63, 3.8) is 0 Å². The number of carboxylic acids is 1. The molecule has 1 saturated heterocycles. The van der Waals surface area contributed by atoms with Crippen molar-refractivity contribution in [1.82, 2.24) is 5.32 Å². The van der Waals surface area contributed by atoms with Crippen molar-refractivity contribution in [2.75, 3.05) is 18.1 Å². The normalized spacial score (nSPS) is 21.4. The molecule has 0 aliphatic carbocycles. The molecule has 1 unspecified atom stereocenters. The van der Waals surface area contributed by atoms with Crippen LogP contribution < -0.4 is 10.1 Å². The van der Waals surface area contributed by atoms with E-state index in [0.29, 0.717) is 17.9 Å². The molecule has 0 saturated carbocycles. The fourth-order valence-electron chi connectivity index (χ4n) is 1.89. The number of benzene rings is 1. The fraction of sp³-hybridized carbons (Fsp3) is 0.385. The van der Waals surface area contributed by atoms with Gasteiger partial charge in [-0.2, -0.15) is 11.8 Å². The van der Waals surface area contributed by atoms with Crippen molar-refractivity contribution in [3.05, 3.63) is 28.7 Å². The van der Waals surface area contributed by atoms with Crippen LogP contribution in [0.15, 0.2) is 28.7 Å². The van der Waals surface area contributed by atoms with Gasteiger partial charge in [0.2, 0.25) is 0 Å². The number of halogens is 1. The van der Waals surface area contributed by atoms with Crippen molar-refractivity contribution in [3.8, 4) is 5.75 Å². The Bertz CT molecular complexity index is 517. The topological polar surface area (TPSA) is 75.6 Å². The number of carbonyl (C=O) groups is 2. The maximum absolute atomic E-state index is 11.9. The molecule has 2 N–H and O–H groups in total. The molecule has 0 spiro atoms. The molecule has 0 aromatic heterocycles. The molecule has 0 bridgehead atoms. The number of thioether (sulfide) groups is 1. The molecule has 1 aromatic rings. The first-order valence-corrected chi connectivity index (χ1v) is 7.98. The lowest BCUT2D eigenvalue weighted by atomic mass is 9.99. The van der Waals surface area contributed by atoms with Crippen LogP contribution in [0.2, 0.25) is 0 Å². The van der Waals surface area contributed by atoms with Crippen LogP contribution in [-0.2, 0) is 9.59 Å². The zero-order valence-electron chi connectivity index (χ0n) is 10.6. The van der Waals surface area contributed by atoms with Gasteiger partial charge >= 0.3 is 5.97 Å². The summed E-state index contributed by atoms with van der Waals surface area (Å²) >= 11 is 4.84. The van der Waals surface area contributed by atoms with E-state index < -0.39 is 17.4 Å². The van der Waals surface area contributed by atoms with E-state index in [0.717, 1.165) is 10.2 Å². The third-order valence-corrected chi connectivity index (χ3v) is 4.85. The molecule has 1 amide bonds. The van der Waals surface area contributed by atoms with Gasteiger partial charge in [0.05, 0.1) is 4.47 Å². The Kier molecular flexibility index (Phi) is 4.93. The van der Waals surface area contributed by atoms with Gasteiger partial charge < -0.3 is 15.2 Å². The van der Waals surface area contributed by atoms with Crippen molar-refractivity contribution in [1.29, 1.82) is 0 Å². The quantitative estimate of drug-likeness (QED) is 0.839. The van der Waals surface area contributed by atoms with Gasteiger partial charge in [0.25, 0.3) is 5.91 Å². The summed E-state index contributed by atoms with van der Waals surface area (Å²) in [7, 11) is 0. The molecular formula is C13H14BrNO4S. The molecule has 1 aliphatic rings. The second-order valence-electron chi connectivity index (χ2n) is 4.46. The van der Waals surface area contributed by atoms with Gasteiger partial charge in [-0.25, -0.2) is 4.79 Å². The molecule has 5 nitrogen and oxygen atoms in total. The first kappa shape index (κ1) is 15.2. The number of nitrogens with one attached hydrogen (secondary N) is 1. The van der Waals surface area contributed by atoms with E-state index in [-0.39, 0.29) is 6.61 Å². The highest BCUT2D eigenvalue weighted by Crippen LogP contribution is 2.28. The Morgan fingerprint density at radius 2 is 2.20 bits per heavy atom. The number of carboxylic acid groups (broad SMARTS) is 1. The smallest absolute Gasteiger partial charge is 0.330 e. The molecule has 108 valence electrons. The standard InChI is InChI=1S/C13H14BrNO4S/c14-9-3-1-2-4-10(9)19-7-11(16)15-13(12(17)18)5-6-20-8-13/h1-4H,5-8H2,(H,15,16)(H,17,18). The van der Waals surface area contributed by atoms with E-state index in [2.05, 4.69) is 21.2 Å². The van der Waals surface area contributed by atoms with Gasteiger partial charge in [0.1, 0.15) is 11.3 Å². The first-order chi connectivity index (χ1) is 9.53. The van der Waals surface area contributed by atoms with Gasteiger partial charge in [-0.15, -0.1) is 0 Å². The number of hydrogen-bond acceptors (Lipinski definition) is 4. The molecule has 2 rings (SSSR count). The number of hydrogen-bond donors (Lipinski definition) is 2. The van der Waals surface area contributed by atoms with Crippen molar-refractivity contribution < 1.29 is 19.4 Å². The van der Waals surface area contributed by atoms with E-state index in [1.54, 1.807) is 18.2 Å². The van der Waals surface area contributed by atoms with Crippen LogP contribution in [0.5, 0.6) is 5.75 Å². The van der Waals surface area contributed by atoms with Crippen molar-refractivity contribution >= 4 is 39.6 Å². The fourth-order valence-corrected chi connectivity index (χ4v) is 3.62. The van der Waals surface area contributed by atoms with Gasteiger partial charge in [-0.1, -0.05) is 12.1 Å². The Morgan fingerprint density at radius 1 is 1.45 bits per heavy atom. The minimum Gasteiger partial charge on any atom is -0.483 e. The molecule has 1 aliphatic heterocycles. The summed E-state index contributed by atoms with van der Waals surface area (Å²) in [6.45, 7) is -0.206. The summed E-state index contributed by atoms with van der Waals surface area (Å²) in [6.07, 6.45) is 0.438. The van der Waals surface area contributed by atoms with E-state index in [1.807, 2.05) is 6.07 Å². The number of amides is 1. The van der Waals surface area contributed by atoms with E-state index in [4.69, 9.17) is 4.74 Å². The van der Waals surface area contributed by atoms with Gasteiger partial charge in [-0.05, 0) is 40.2 Å². The van der Waals surface area contributed by atoms with Crippen LogP contribution in [0.25, 0.3) is 0 Å². The molecule has 1 fully saturated rings. The highest BCUT2D eigenvalue weighted by Gasteiger charge is 2.43. The summed E-state index contributed by atoms with van der Waals surface area (Å²) in [6, 6.07) is 7.17. The molecular weight excluding hydrogens is 346 g/mol. The minimum absolute atomic E-state index is 0.206. The van der Waals surface area contributed by atoms with E-state index in [9.17, 15) is 14.7 Å². The molecule has 1 heterocycles. The maximum atomic E-state index is 11.9. The van der Waals surface area contributed by atoms with Gasteiger partial charge in [0.15, 0.2) is 6.61 Å². The summed E-state index contributed by atoms with van der Waals surface area (Å²) in [5.74, 6) is 0.260. The van der Waals surface area contributed by atoms with Crippen LogP contribution in [0.1, 0.15) is 6.42 Å². The van der Waals surface area contributed by atoms with Gasteiger partial charge in [0, 0.05) is 5.75 Å². The monoisotopic (exact) mass is 359 g/mol. The second kappa shape index (κ2) is 6.49. The predicted octanol–water partition coefficient (Wildman–Crippen LogP) is 1.90. The zero-order chi connectivity index (χ0) is 14.6. The highest BCUT2D eigenvalue weighted by atomic mass is 79.9. The SMILES string of the molecule is O=C(COc1ccccc1Br)NC1(C(=O)O)CCSC1. The Hall–Kier alpha value is -1.21. The molecule has 1 aromatic carbocycles. The molecule has 1 atom stereocenters. The van der Waals surface area contributed by atoms with Crippen LogP contribution >= 0.6 is 27.7 Å². The van der Waals surface area contributed by atoms with Gasteiger partial charge in [-0.3, -0.25) is 4.79 Å². The largest absolute Gasteiger partial charge is 0.483 e. The Balaban J connectivity index is 1.92. The van der Waals surface area contributed by atoms with Crippen LogP contribution in [0.4, 0.5) is 0 Å². The van der Waals surface area contributed by atoms with E-state index >= 15 is 0 Å². The minimum atomic E-state index is -1.15. The van der Waals surface area contributed by atoms with Crippen LogP contribution in [-0.4, -0.2) is 40.6 Å². The Morgan fingerprint density at radius 3 is 2.80 bits per heavy atom. The molecule has 0 radical (unpaired) electrons. The summed E-state index contributed by atoms with van der Waals surface area (Å²) in [4.78, 5) is 23.2. The number of carbonyl (C=O) groups excluding carboxylic acids is 1. The Labute approximate surface area is 129 Å². The second-order valence-corrected chi connectivity index (χ2v) is 6.42. The average Bonchev–Trinajstić information content (AvgIpc) is 2.88. The summed E-state index contributed by atoms with van der Waals surface area (Å²) < 4.78 is 6.12. The average molecular weight is 360 g/mol. The van der Waals surface area contributed by atoms with Crippen LogP contribution in [0.3, 0.4) is 0 Å². The van der Waals surface area contributed by atoms with Crippen molar-refractivity contribution in [2.45, 2.75) is 12.0 Å². The lowest BCUT2D eigenvalue weighted by Gasteiger charge is -2.24. The van der Waals surface area contributed by atoms with E-state index in [1.165, 1.54) is 11.8 Å². The number of para-hydroxylation sites is 1. The van der Waals surface area contributed by atoms with Crippen molar-refractivity contribution in [2.24, 2.45) is 0 Å². The predicted molar refractivity (Wildman–Crippen MR) is 80.1 cm³/mol. The zero-order valence-corrected chi connectivity index (χ0v) is 13.0. The molecule has 20 heavy (non-hydrogen) atoms. The maximum Gasteiger partial charge on any atom is 0.330 e. The lowest BCUT2D eigenvalue weighted by molar-refractivity contribution is -0.146.